The maximum Gasteiger partial charge on any atom is 0.390 e. The van der Waals surface area contributed by atoms with Crippen molar-refractivity contribution in [3.63, 3.8) is 0 Å². The maximum absolute atomic E-state index is 12.2. The number of ether oxygens (including phenoxy) is 1. The van der Waals surface area contributed by atoms with Crippen molar-refractivity contribution in [1.29, 1.82) is 0 Å². The molecule has 0 saturated carbocycles. The smallest absolute Gasteiger partial charge is 0.383 e. The van der Waals surface area contributed by atoms with Crippen molar-refractivity contribution in [1.82, 2.24) is 15.5 Å². The van der Waals surface area contributed by atoms with E-state index in [0.717, 1.165) is 25.9 Å². The fraction of sp³-hybridized carbons (Fsp3) is 0.929. The van der Waals surface area contributed by atoms with Gasteiger partial charge in [-0.15, -0.1) is 0 Å². The zero-order chi connectivity index (χ0) is 16.4. The molecule has 0 spiro atoms. The van der Waals surface area contributed by atoms with Crippen LogP contribution in [0, 0.1) is 0 Å². The molecule has 0 bridgehead atoms. The lowest BCUT2D eigenvalue weighted by atomic mass is 10.2. The third kappa shape index (κ3) is 7.84. The lowest BCUT2D eigenvalue weighted by Crippen LogP contribution is -2.40. The van der Waals surface area contributed by atoms with Crippen molar-refractivity contribution >= 4 is 5.96 Å². The van der Waals surface area contributed by atoms with E-state index < -0.39 is 12.6 Å². The first-order valence-electron chi connectivity index (χ1n) is 7.78. The molecule has 1 rings (SSSR count). The van der Waals surface area contributed by atoms with Gasteiger partial charge in [-0.25, -0.2) is 0 Å². The Bertz CT molecular complexity index is 337. The molecule has 1 aliphatic rings. The lowest BCUT2D eigenvalue weighted by molar-refractivity contribution is -0.132. The second-order valence-electron chi connectivity index (χ2n) is 5.34. The Balaban J connectivity index is 2.43. The summed E-state index contributed by atoms with van der Waals surface area (Å²) in [6.07, 6.45) is -2.81. The molecule has 0 radical (unpaired) electrons. The van der Waals surface area contributed by atoms with E-state index >= 15 is 0 Å². The summed E-state index contributed by atoms with van der Waals surface area (Å²) >= 11 is 0. The molecule has 1 atom stereocenters. The summed E-state index contributed by atoms with van der Waals surface area (Å²) in [5.41, 5.74) is 0. The normalized spacial score (nSPS) is 20.4. The number of guanidine groups is 1. The molecule has 5 nitrogen and oxygen atoms in total. The van der Waals surface area contributed by atoms with E-state index in [1.165, 1.54) is 0 Å². The van der Waals surface area contributed by atoms with E-state index in [-0.39, 0.29) is 6.54 Å². The van der Waals surface area contributed by atoms with E-state index in [2.05, 4.69) is 20.5 Å². The topological polar surface area (TPSA) is 48.9 Å². The zero-order valence-corrected chi connectivity index (χ0v) is 13.4. The number of hydrogen-bond donors (Lipinski definition) is 2. The van der Waals surface area contributed by atoms with Crippen molar-refractivity contribution in [3.05, 3.63) is 0 Å². The van der Waals surface area contributed by atoms with Gasteiger partial charge in [0.05, 0.1) is 19.6 Å². The lowest BCUT2D eigenvalue weighted by Gasteiger charge is -2.23. The van der Waals surface area contributed by atoms with Crippen molar-refractivity contribution in [2.75, 3.05) is 46.4 Å². The van der Waals surface area contributed by atoms with Crippen LogP contribution >= 0.6 is 0 Å². The van der Waals surface area contributed by atoms with Crippen LogP contribution in [0.5, 0.6) is 0 Å². The van der Waals surface area contributed by atoms with Gasteiger partial charge in [0.25, 0.3) is 0 Å². The Morgan fingerprint density at radius 3 is 2.77 bits per heavy atom. The molecule has 0 aromatic rings. The predicted molar refractivity (Wildman–Crippen MR) is 81.1 cm³/mol. The summed E-state index contributed by atoms with van der Waals surface area (Å²) < 4.78 is 41.6. The summed E-state index contributed by atoms with van der Waals surface area (Å²) in [4.78, 5) is 6.74. The van der Waals surface area contributed by atoms with Gasteiger partial charge in [-0.1, -0.05) is 0 Å². The number of aliphatic imine (C=N–C) groups is 1. The zero-order valence-electron chi connectivity index (χ0n) is 13.4. The Morgan fingerprint density at radius 2 is 2.14 bits per heavy atom. The highest BCUT2D eigenvalue weighted by atomic mass is 19.4. The molecule has 1 aliphatic heterocycles. The summed E-state index contributed by atoms with van der Waals surface area (Å²) in [6, 6.07) is 0.341. The van der Waals surface area contributed by atoms with Crippen LogP contribution in [0.4, 0.5) is 13.2 Å². The van der Waals surface area contributed by atoms with E-state index in [1.54, 1.807) is 7.11 Å². The van der Waals surface area contributed by atoms with Crippen LogP contribution in [-0.4, -0.2) is 69.5 Å². The van der Waals surface area contributed by atoms with Gasteiger partial charge in [0.2, 0.25) is 0 Å². The van der Waals surface area contributed by atoms with E-state index in [1.807, 2.05) is 6.92 Å². The number of likely N-dealkylation sites (tertiary alicyclic amines) is 1. The fourth-order valence-corrected chi connectivity index (χ4v) is 2.47. The average molecular weight is 324 g/mol. The summed E-state index contributed by atoms with van der Waals surface area (Å²) in [5, 5.41) is 5.71. The highest BCUT2D eigenvalue weighted by Gasteiger charge is 2.26. The van der Waals surface area contributed by atoms with E-state index in [9.17, 15) is 13.2 Å². The molecule has 0 aliphatic carbocycles. The van der Waals surface area contributed by atoms with Gasteiger partial charge in [-0.2, -0.15) is 13.2 Å². The molecule has 8 heteroatoms. The number of halogens is 3. The molecule has 130 valence electrons. The summed E-state index contributed by atoms with van der Waals surface area (Å²) in [6.45, 7) is 5.52. The number of hydrogen-bond acceptors (Lipinski definition) is 3. The highest BCUT2D eigenvalue weighted by molar-refractivity contribution is 5.79. The first-order valence-corrected chi connectivity index (χ1v) is 7.78. The number of nitrogens with zero attached hydrogens (tertiary/aromatic N) is 2. The first-order chi connectivity index (χ1) is 10.5. The van der Waals surface area contributed by atoms with Crippen LogP contribution in [-0.2, 0) is 4.74 Å². The second kappa shape index (κ2) is 9.89. The minimum Gasteiger partial charge on any atom is -0.383 e. The molecule has 0 aromatic heterocycles. The largest absolute Gasteiger partial charge is 0.390 e. The van der Waals surface area contributed by atoms with E-state index in [0.29, 0.717) is 31.7 Å². The van der Waals surface area contributed by atoms with Gasteiger partial charge in [0.15, 0.2) is 5.96 Å². The third-order valence-electron chi connectivity index (χ3n) is 3.59. The highest BCUT2D eigenvalue weighted by Crippen LogP contribution is 2.18. The quantitative estimate of drug-likeness (QED) is 0.526. The summed E-state index contributed by atoms with van der Waals surface area (Å²) in [7, 11) is 1.68. The van der Waals surface area contributed by atoms with Gasteiger partial charge in [-0.05, 0) is 26.3 Å². The number of rotatable bonds is 8. The molecule has 0 aromatic carbocycles. The van der Waals surface area contributed by atoms with Crippen LogP contribution in [0.3, 0.4) is 0 Å². The first kappa shape index (κ1) is 19.0. The third-order valence-corrected chi connectivity index (χ3v) is 3.59. The minimum atomic E-state index is -4.15. The fourth-order valence-electron chi connectivity index (χ4n) is 2.47. The molecular formula is C14H27F3N4O. The van der Waals surface area contributed by atoms with Crippen LogP contribution in [0.1, 0.15) is 26.2 Å². The molecule has 1 heterocycles. The van der Waals surface area contributed by atoms with Crippen LogP contribution in [0.15, 0.2) is 4.99 Å². The van der Waals surface area contributed by atoms with Gasteiger partial charge < -0.3 is 15.4 Å². The Morgan fingerprint density at radius 1 is 1.36 bits per heavy atom. The predicted octanol–water partition coefficient (Wildman–Crippen LogP) is 1.60. The molecule has 1 unspecified atom stereocenters. The van der Waals surface area contributed by atoms with Crippen molar-refractivity contribution < 1.29 is 17.9 Å². The van der Waals surface area contributed by atoms with Gasteiger partial charge in [0, 0.05) is 32.8 Å². The van der Waals surface area contributed by atoms with Crippen molar-refractivity contribution in [2.24, 2.45) is 4.99 Å². The minimum absolute atomic E-state index is 0.159. The van der Waals surface area contributed by atoms with Crippen molar-refractivity contribution in [2.45, 2.75) is 38.4 Å². The molecule has 1 saturated heterocycles. The van der Waals surface area contributed by atoms with Crippen molar-refractivity contribution in [3.8, 4) is 0 Å². The van der Waals surface area contributed by atoms with Gasteiger partial charge >= 0.3 is 6.18 Å². The molecule has 0 amide bonds. The van der Waals surface area contributed by atoms with Crippen LogP contribution in [0.25, 0.3) is 0 Å². The van der Waals surface area contributed by atoms with Crippen LogP contribution < -0.4 is 10.6 Å². The number of alkyl halides is 3. The van der Waals surface area contributed by atoms with Gasteiger partial charge in [0.1, 0.15) is 0 Å². The second-order valence-corrected chi connectivity index (χ2v) is 5.34. The Labute approximate surface area is 130 Å². The average Bonchev–Trinajstić information content (AvgIpc) is 2.88. The standard InChI is InChI=1S/C14H27F3N4O/c1-3-18-13(19-7-6-14(15,16)17)20-11-12-5-4-8-21(12)9-10-22-2/h12H,3-11H2,1-2H3,(H2,18,19,20). The number of methoxy groups -OCH3 is 1. The van der Waals surface area contributed by atoms with Gasteiger partial charge in [-0.3, -0.25) is 9.89 Å². The van der Waals surface area contributed by atoms with Crippen LogP contribution in [0.2, 0.25) is 0 Å². The molecule has 2 N–H and O–H groups in total. The molecule has 22 heavy (non-hydrogen) atoms. The molecular weight excluding hydrogens is 297 g/mol. The Kier molecular flexibility index (Phi) is 8.55. The maximum atomic E-state index is 12.2. The number of nitrogens with one attached hydrogen (secondary N) is 2. The van der Waals surface area contributed by atoms with E-state index in [4.69, 9.17) is 4.74 Å². The summed E-state index contributed by atoms with van der Waals surface area (Å²) in [5.74, 6) is 0.449. The SMILES string of the molecule is CCNC(=NCC1CCCN1CCOC)NCCC(F)(F)F. The Hall–Kier alpha value is -1.02. The molecule has 1 fully saturated rings. The monoisotopic (exact) mass is 324 g/mol.